The monoisotopic (exact) mass is 285 g/mol. The van der Waals surface area contributed by atoms with Crippen molar-refractivity contribution in [3.63, 3.8) is 0 Å². The molecule has 1 N–H and O–H groups in total. The second kappa shape index (κ2) is 8.78. The van der Waals surface area contributed by atoms with E-state index in [4.69, 9.17) is 0 Å². The summed E-state index contributed by atoms with van der Waals surface area (Å²) in [5.41, 5.74) is 0.971. The number of fused-ring (bicyclic) bond motifs is 1. The van der Waals surface area contributed by atoms with Crippen LogP contribution in [0.5, 0.6) is 0 Å². The SMILES string of the molecule is CCCCCCCCCC(O)c1cncc2ccccc12. The van der Waals surface area contributed by atoms with Gasteiger partial charge in [-0.1, -0.05) is 76.1 Å². The van der Waals surface area contributed by atoms with Gasteiger partial charge in [-0.15, -0.1) is 0 Å². The van der Waals surface area contributed by atoms with Gasteiger partial charge in [-0.25, -0.2) is 0 Å². The summed E-state index contributed by atoms with van der Waals surface area (Å²) >= 11 is 0. The molecular weight excluding hydrogens is 258 g/mol. The standard InChI is InChI=1S/C19H27NO/c1-2-3-4-5-6-7-8-13-19(21)18-15-20-14-16-11-9-10-12-17(16)18/h9-12,14-15,19,21H,2-8,13H2,1H3. The number of aliphatic hydroxyl groups excluding tert-OH is 1. The van der Waals surface area contributed by atoms with Gasteiger partial charge in [0, 0.05) is 23.3 Å². The Labute approximate surface area is 128 Å². The Kier molecular flexibility index (Phi) is 6.68. The molecule has 0 saturated carbocycles. The van der Waals surface area contributed by atoms with Crippen molar-refractivity contribution in [1.29, 1.82) is 0 Å². The minimum atomic E-state index is -0.390. The summed E-state index contributed by atoms with van der Waals surface area (Å²) in [7, 11) is 0. The first-order valence-corrected chi connectivity index (χ1v) is 8.33. The molecule has 0 spiro atoms. The van der Waals surface area contributed by atoms with Gasteiger partial charge in [0.25, 0.3) is 0 Å². The minimum absolute atomic E-state index is 0.390. The Hall–Kier alpha value is -1.41. The van der Waals surface area contributed by atoms with Crippen molar-refractivity contribution >= 4 is 10.8 Å². The third-order valence-electron chi connectivity index (χ3n) is 4.14. The Morgan fingerprint density at radius 3 is 2.48 bits per heavy atom. The number of aliphatic hydroxyl groups is 1. The normalized spacial score (nSPS) is 12.7. The van der Waals surface area contributed by atoms with E-state index in [1.165, 1.54) is 38.5 Å². The lowest BCUT2D eigenvalue weighted by Crippen LogP contribution is -1.99. The largest absolute Gasteiger partial charge is 0.388 e. The molecule has 0 aliphatic rings. The van der Waals surface area contributed by atoms with Crippen LogP contribution in [-0.4, -0.2) is 10.1 Å². The van der Waals surface area contributed by atoms with Crippen molar-refractivity contribution in [2.75, 3.05) is 0 Å². The Morgan fingerprint density at radius 1 is 0.952 bits per heavy atom. The maximum Gasteiger partial charge on any atom is 0.0811 e. The maximum absolute atomic E-state index is 10.4. The number of unbranched alkanes of at least 4 members (excludes halogenated alkanes) is 6. The molecule has 0 saturated heterocycles. The Balaban J connectivity index is 1.81. The summed E-state index contributed by atoms with van der Waals surface area (Å²) in [4.78, 5) is 4.25. The molecule has 1 aromatic carbocycles. The Bertz CT molecular complexity index is 533. The third kappa shape index (κ3) is 4.82. The Morgan fingerprint density at radius 2 is 1.67 bits per heavy atom. The van der Waals surface area contributed by atoms with Crippen molar-refractivity contribution in [2.45, 2.75) is 64.4 Å². The zero-order valence-corrected chi connectivity index (χ0v) is 13.1. The van der Waals surface area contributed by atoms with Crippen molar-refractivity contribution in [1.82, 2.24) is 4.98 Å². The molecule has 0 aliphatic carbocycles. The lowest BCUT2D eigenvalue weighted by Gasteiger charge is -2.13. The number of benzene rings is 1. The molecule has 0 aliphatic heterocycles. The van der Waals surface area contributed by atoms with Crippen molar-refractivity contribution in [2.24, 2.45) is 0 Å². The highest BCUT2D eigenvalue weighted by atomic mass is 16.3. The van der Waals surface area contributed by atoms with Gasteiger partial charge in [0.15, 0.2) is 0 Å². The third-order valence-corrected chi connectivity index (χ3v) is 4.14. The summed E-state index contributed by atoms with van der Waals surface area (Å²) < 4.78 is 0. The van der Waals surface area contributed by atoms with Crippen LogP contribution in [0.3, 0.4) is 0 Å². The van der Waals surface area contributed by atoms with E-state index in [9.17, 15) is 5.11 Å². The van der Waals surface area contributed by atoms with Crippen molar-refractivity contribution in [3.05, 3.63) is 42.2 Å². The molecule has 1 aromatic heterocycles. The van der Waals surface area contributed by atoms with Crippen LogP contribution < -0.4 is 0 Å². The number of nitrogens with zero attached hydrogens (tertiary/aromatic N) is 1. The number of hydrogen-bond acceptors (Lipinski definition) is 2. The highest BCUT2D eigenvalue weighted by Crippen LogP contribution is 2.26. The van der Waals surface area contributed by atoms with Crippen LogP contribution in [0.25, 0.3) is 10.8 Å². The molecule has 1 atom stereocenters. The van der Waals surface area contributed by atoms with E-state index in [-0.39, 0.29) is 6.10 Å². The fourth-order valence-corrected chi connectivity index (χ4v) is 2.86. The molecule has 0 fully saturated rings. The molecule has 0 bridgehead atoms. The summed E-state index contributed by atoms with van der Waals surface area (Å²) in [6.07, 6.45) is 13.1. The highest BCUT2D eigenvalue weighted by Gasteiger charge is 2.11. The van der Waals surface area contributed by atoms with Gasteiger partial charge in [-0.2, -0.15) is 0 Å². The van der Waals surface area contributed by atoms with Crippen molar-refractivity contribution in [3.8, 4) is 0 Å². The van der Waals surface area contributed by atoms with E-state index < -0.39 is 0 Å². The number of aromatic nitrogens is 1. The zero-order chi connectivity index (χ0) is 14.9. The van der Waals surface area contributed by atoms with Crippen LogP contribution in [0.1, 0.15) is 70.0 Å². The quantitative estimate of drug-likeness (QED) is 0.625. The molecule has 2 heteroatoms. The van der Waals surface area contributed by atoms with Gasteiger partial charge >= 0.3 is 0 Å². The van der Waals surface area contributed by atoms with Crippen LogP contribution in [0, 0.1) is 0 Å². The minimum Gasteiger partial charge on any atom is -0.388 e. The van der Waals surface area contributed by atoms with Gasteiger partial charge in [-0.3, -0.25) is 4.98 Å². The van der Waals surface area contributed by atoms with Crippen molar-refractivity contribution < 1.29 is 5.11 Å². The van der Waals surface area contributed by atoms with E-state index in [1.54, 1.807) is 0 Å². The first-order valence-electron chi connectivity index (χ1n) is 8.33. The summed E-state index contributed by atoms with van der Waals surface area (Å²) in [5.74, 6) is 0. The maximum atomic E-state index is 10.4. The molecule has 2 rings (SSSR count). The number of hydrogen-bond donors (Lipinski definition) is 1. The predicted octanol–water partition coefficient (Wildman–Crippen LogP) is 5.41. The predicted molar refractivity (Wildman–Crippen MR) is 89.3 cm³/mol. The van der Waals surface area contributed by atoms with Crippen LogP contribution in [0.2, 0.25) is 0 Å². The van der Waals surface area contributed by atoms with E-state index in [0.29, 0.717) is 0 Å². The first kappa shape index (κ1) is 16.0. The van der Waals surface area contributed by atoms with Gasteiger partial charge in [0.2, 0.25) is 0 Å². The molecule has 1 unspecified atom stereocenters. The highest BCUT2D eigenvalue weighted by molar-refractivity contribution is 5.84. The molecule has 114 valence electrons. The molecule has 0 amide bonds. The number of rotatable bonds is 9. The van der Waals surface area contributed by atoms with Crippen LogP contribution >= 0.6 is 0 Å². The molecule has 0 radical (unpaired) electrons. The van der Waals surface area contributed by atoms with Crippen LogP contribution in [-0.2, 0) is 0 Å². The molecule has 21 heavy (non-hydrogen) atoms. The molecular formula is C19H27NO. The fourth-order valence-electron chi connectivity index (χ4n) is 2.86. The molecule has 2 aromatic rings. The van der Waals surface area contributed by atoms with E-state index in [0.717, 1.165) is 29.2 Å². The topological polar surface area (TPSA) is 33.1 Å². The average Bonchev–Trinajstić information content (AvgIpc) is 2.53. The summed E-state index contributed by atoms with van der Waals surface area (Å²) in [6.45, 7) is 2.24. The van der Waals surface area contributed by atoms with Gasteiger partial charge in [0.1, 0.15) is 0 Å². The second-order valence-corrected chi connectivity index (χ2v) is 5.88. The van der Waals surface area contributed by atoms with Gasteiger partial charge in [-0.05, 0) is 11.8 Å². The lowest BCUT2D eigenvalue weighted by molar-refractivity contribution is 0.164. The van der Waals surface area contributed by atoms with E-state index in [1.807, 2.05) is 30.6 Å². The number of pyridine rings is 1. The summed E-state index contributed by atoms with van der Waals surface area (Å²) in [5, 5.41) is 12.7. The van der Waals surface area contributed by atoms with E-state index in [2.05, 4.69) is 18.0 Å². The van der Waals surface area contributed by atoms with Crippen LogP contribution in [0.4, 0.5) is 0 Å². The van der Waals surface area contributed by atoms with E-state index >= 15 is 0 Å². The smallest absolute Gasteiger partial charge is 0.0811 e. The second-order valence-electron chi connectivity index (χ2n) is 5.88. The van der Waals surface area contributed by atoms with Gasteiger partial charge < -0.3 is 5.11 Å². The van der Waals surface area contributed by atoms with Gasteiger partial charge in [0.05, 0.1) is 6.10 Å². The first-order chi connectivity index (χ1) is 10.3. The average molecular weight is 285 g/mol. The lowest BCUT2D eigenvalue weighted by atomic mass is 9.99. The van der Waals surface area contributed by atoms with Crippen LogP contribution in [0.15, 0.2) is 36.7 Å². The zero-order valence-electron chi connectivity index (χ0n) is 13.1. The fraction of sp³-hybridized carbons (Fsp3) is 0.526. The molecule has 1 heterocycles. The molecule has 2 nitrogen and oxygen atoms in total. The summed E-state index contributed by atoms with van der Waals surface area (Å²) in [6, 6.07) is 8.15.